The highest BCUT2D eigenvalue weighted by Gasteiger charge is 2.18. The second-order valence-electron chi connectivity index (χ2n) is 9.57. The summed E-state index contributed by atoms with van der Waals surface area (Å²) in [7, 11) is 4.01. The summed E-state index contributed by atoms with van der Waals surface area (Å²) in [4.78, 5) is 37.8. The Hall–Kier alpha value is -3.26. The molecule has 1 N–H and O–H groups in total. The number of amides is 1. The molecule has 0 radical (unpaired) electrons. The molecule has 4 aromatic rings. The maximum atomic E-state index is 13.8. The van der Waals surface area contributed by atoms with Gasteiger partial charge in [-0.05, 0) is 82.4 Å². The largest absolute Gasteiger partial charge is 0.352 e. The van der Waals surface area contributed by atoms with E-state index in [1.807, 2.05) is 46.1 Å². The van der Waals surface area contributed by atoms with Crippen LogP contribution in [0.25, 0.3) is 33.5 Å². The number of pyridine rings is 1. The quantitative estimate of drug-likeness (QED) is 0.332. The molecule has 0 fully saturated rings. The van der Waals surface area contributed by atoms with Crippen LogP contribution in [0, 0.1) is 0 Å². The van der Waals surface area contributed by atoms with Crippen LogP contribution in [0.3, 0.4) is 0 Å². The summed E-state index contributed by atoms with van der Waals surface area (Å²) >= 11 is 12.7. The van der Waals surface area contributed by atoms with Crippen LogP contribution < -0.4 is 10.9 Å². The minimum absolute atomic E-state index is 0.0684. The molecule has 9 heteroatoms. The molecule has 1 amide bonds. The number of benzene rings is 2. The fourth-order valence-corrected chi connectivity index (χ4v) is 4.52. The number of carbonyl (C=O) groups is 1. The zero-order valence-corrected chi connectivity index (χ0v) is 22.9. The van der Waals surface area contributed by atoms with Gasteiger partial charge in [-0.2, -0.15) is 0 Å². The van der Waals surface area contributed by atoms with E-state index in [0.29, 0.717) is 26.8 Å². The van der Waals surface area contributed by atoms with Crippen molar-refractivity contribution in [3.63, 3.8) is 0 Å². The van der Waals surface area contributed by atoms with Crippen LogP contribution in [0.5, 0.6) is 0 Å². The predicted molar refractivity (Wildman–Crippen MR) is 150 cm³/mol. The molecule has 0 aliphatic carbocycles. The van der Waals surface area contributed by atoms with Gasteiger partial charge < -0.3 is 10.2 Å². The van der Waals surface area contributed by atoms with Crippen LogP contribution in [-0.4, -0.2) is 45.5 Å². The Morgan fingerprint density at radius 2 is 1.73 bits per heavy atom. The van der Waals surface area contributed by atoms with Gasteiger partial charge in [0, 0.05) is 39.5 Å². The molecule has 0 spiro atoms. The van der Waals surface area contributed by atoms with Gasteiger partial charge >= 0.3 is 0 Å². The highest BCUT2D eigenvalue weighted by Crippen LogP contribution is 2.30. The Morgan fingerprint density at radius 1 is 1.00 bits per heavy atom. The second-order valence-corrected chi connectivity index (χ2v) is 10.4. The monoisotopic (exact) mass is 537 g/mol. The maximum Gasteiger partial charge on any atom is 0.263 e. The Morgan fingerprint density at radius 3 is 2.41 bits per heavy atom. The van der Waals surface area contributed by atoms with Gasteiger partial charge in [0.2, 0.25) is 5.91 Å². The Bertz CT molecular complexity index is 1530. The van der Waals surface area contributed by atoms with Gasteiger partial charge in [-0.25, -0.2) is 9.97 Å². The first kappa shape index (κ1) is 26.8. The smallest absolute Gasteiger partial charge is 0.263 e. The fourth-order valence-electron chi connectivity index (χ4n) is 4.09. The maximum absolute atomic E-state index is 13.8. The first-order valence-corrected chi connectivity index (χ1v) is 12.7. The number of halogens is 2. The second kappa shape index (κ2) is 11.0. The van der Waals surface area contributed by atoms with Crippen LogP contribution >= 0.6 is 23.2 Å². The summed E-state index contributed by atoms with van der Waals surface area (Å²) in [5, 5.41) is 4.24. The number of aromatic nitrogens is 3. The van der Waals surface area contributed by atoms with E-state index in [1.165, 1.54) is 4.57 Å². The molecule has 1 unspecified atom stereocenters. The normalized spacial score (nSPS) is 12.4. The number of rotatable bonds is 7. The molecule has 192 valence electrons. The molecule has 37 heavy (non-hydrogen) atoms. The van der Waals surface area contributed by atoms with Gasteiger partial charge in [-0.3, -0.25) is 14.2 Å². The first-order valence-electron chi connectivity index (χ1n) is 12.0. The fraction of sp³-hybridized carbons (Fsp3) is 0.286. The molecule has 1 atom stereocenters. The topological polar surface area (TPSA) is 80.1 Å². The van der Waals surface area contributed by atoms with E-state index in [2.05, 4.69) is 27.1 Å². The summed E-state index contributed by atoms with van der Waals surface area (Å²) < 4.78 is 1.37. The number of nitrogens with one attached hydrogen (secondary N) is 1. The number of nitrogens with zero attached hydrogens (tertiary/aromatic N) is 4. The summed E-state index contributed by atoms with van der Waals surface area (Å²) in [6.45, 7) is 5.64. The van der Waals surface area contributed by atoms with Crippen molar-refractivity contribution in [2.45, 2.75) is 39.4 Å². The summed E-state index contributed by atoms with van der Waals surface area (Å²) in [6.07, 6.45) is 1.68. The minimum Gasteiger partial charge on any atom is -0.352 e. The average Bonchev–Trinajstić information content (AvgIpc) is 2.84. The molecule has 0 bridgehead atoms. The molecule has 0 saturated heterocycles. The van der Waals surface area contributed by atoms with E-state index in [9.17, 15) is 9.59 Å². The van der Waals surface area contributed by atoms with Crippen molar-refractivity contribution >= 4 is 40.1 Å². The van der Waals surface area contributed by atoms with Gasteiger partial charge in [-0.1, -0.05) is 35.3 Å². The number of carbonyl (C=O) groups excluding carboxylic acids is 1. The molecule has 2 heterocycles. The van der Waals surface area contributed by atoms with E-state index in [-0.39, 0.29) is 35.7 Å². The van der Waals surface area contributed by atoms with Crippen LogP contribution in [0.15, 0.2) is 59.5 Å². The zero-order valence-electron chi connectivity index (χ0n) is 21.4. The predicted octanol–water partition coefficient (Wildman–Crippen LogP) is 5.58. The van der Waals surface area contributed by atoms with E-state index in [0.717, 1.165) is 16.7 Å². The minimum atomic E-state index is -0.364. The molecule has 0 aliphatic heterocycles. The van der Waals surface area contributed by atoms with Crippen molar-refractivity contribution in [1.29, 1.82) is 0 Å². The van der Waals surface area contributed by atoms with Crippen LogP contribution in [0.2, 0.25) is 10.0 Å². The van der Waals surface area contributed by atoms with Crippen molar-refractivity contribution in [1.82, 2.24) is 24.8 Å². The Labute approximate surface area is 226 Å². The van der Waals surface area contributed by atoms with E-state index >= 15 is 0 Å². The van der Waals surface area contributed by atoms with E-state index in [1.54, 1.807) is 36.5 Å². The van der Waals surface area contributed by atoms with Crippen molar-refractivity contribution in [2.24, 2.45) is 0 Å². The molecule has 4 rings (SSSR count). The Kier molecular flexibility index (Phi) is 7.97. The third kappa shape index (κ3) is 6.01. The van der Waals surface area contributed by atoms with Gasteiger partial charge in [0.1, 0.15) is 12.4 Å². The third-order valence-corrected chi connectivity index (χ3v) is 6.61. The highest BCUT2D eigenvalue weighted by atomic mass is 35.5. The van der Waals surface area contributed by atoms with Gasteiger partial charge in [0.25, 0.3) is 5.56 Å². The highest BCUT2D eigenvalue weighted by molar-refractivity contribution is 6.31. The lowest BCUT2D eigenvalue weighted by atomic mass is 10.00. The summed E-state index contributed by atoms with van der Waals surface area (Å²) in [5.41, 5.74) is 3.16. The standard InChI is InChI=1S/C28H29Cl2N5O2/c1-16(2)32-25(36)15-35-27(18-7-6-8-22(29)10-18)33-26-24(28(35)37)13-21(14-31-26)20-9-19(11-23(30)12-20)17(3)34(4)5/h6-14,16-17H,15H2,1-5H3,(H,32,36). The first-order chi connectivity index (χ1) is 17.5. The van der Waals surface area contributed by atoms with E-state index < -0.39 is 0 Å². The number of fused-ring (bicyclic) bond motifs is 1. The molecule has 2 aromatic heterocycles. The van der Waals surface area contributed by atoms with Gasteiger partial charge in [0.05, 0.1) is 5.39 Å². The zero-order chi connectivity index (χ0) is 26.9. The summed E-state index contributed by atoms with van der Waals surface area (Å²) in [6, 6.07) is 14.7. The van der Waals surface area contributed by atoms with E-state index in [4.69, 9.17) is 23.2 Å². The average molecular weight is 538 g/mol. The van der Waals surface area contributed by atoms with Gasteiger partial charge in [-0.15, -0.1) is 0 Å². The van der Waals surface area contributed by atoms with Crippen molar-refractivity contribution in [3.05, 3.63) is 80.7 Å². The lowest BCUT2D eigenvalue weighted by Crippen LogP contribution is -2.37. The number of hydrogen-bond acceptors (Lipinski definition) is 5. The molecule has 2 aromatic carbocycles. The van der Waals surface area contributed by atoms with Crippen LogP contribution in [0.1, 0.15) is 32.4 Å². The van der Waals surface area contributed by atoms with Gasteiger partial charge in [0.15, 0.2) is 5.65 Å². The Balaban J connectivity index is 1.89. The molecule has 7 nitrogen and oxygen atoms in total. The molecule has 0 aliphatic rings. The lowest BCUT2D eigenvalue weighted by Gasteiger charge is -2.21. The van der Waals surface area contributed by atoms with Crippen LogP contribution in [-0.2, 0) is 11.3 Å². The van der Waals surface area contributed by atoms with Crippen molar-refractivity contribution in [2.75, 3.05) is 14.1 Å². The van der Waals surface area contributed by atoms with Crippen molar-refractivity contribution in [3.8, 4) is 22.5 Å². The third-order valence-electron chi connectivity index (χ3n) is 6.15. The number of hydrogen-bond donors (Lipinski definition) is 1. The summed E-state index contributed by atoms with van der Waals surface area (Å²) in [5.74, 6) is 0.0341. The lowest BCUT2D eigenvalue weighted by molar-refractivity contribution is -0.122. The molecule has 0 saturated carbocycles. The molecular weight excluding hydrogens is 509 g/mol. The van der Waals surface area contributed by atoms with Crippen molar-refractivity contribution < 1.29 is 4.79 Å². The SMILES string of the molecule is CC(C)NC(=O)Cn1c(-c2cccc(Cl)c2)nc2ncc(-c3cc(Cl)cc(C(C)N(C)C)c3)cc2c1=O. The van der Waals surface area contributed by atoms with Crippen LogP contribution in [0.4, 0.5) is 0 Å². The molecular formula is C28H29Cl2N5O2.